The monoisotopic (exact) mass is 322 g/mol. The molecule has 0 spiro atoms. The van der Waals surface area contributed by atoms with Crippen molar-refractivity contribution < 1.29 is 8.78 Å². The summed E-state index contributed by atoms with van der Waals surface area (Å²) in [5, 5.41) is 0. The quantitative estimate of drug-likeness (QED) is 0.554. The Bertz CT molecular complexity index is 329. The van der Waals surface area contributed by atoms with Crippen LogP contribution in [0.5, 0.6) is 0 Å². The van der Waals surface area contributed by atoms with Crippen molar-refractivity contribution >= 4 is 28.2 Å². The summed E-state index contributed by atoms with van der Waals surface area (Å²) in [7, 11) is 0. The van der Waals surface area contributed by atoms with E-state index in [0.29, 0.717) is 12.0 Å². The molecule has 0 saturated carbocycles. The van der Waals surface area contributed by atoms with Crippen LogP contribution in [0.3, 0.4) is 0 Å². The number of allylic oxidation sites excluding steroid dienone is 1. The van der Waals surface area contributed by atoms with Gasteiger partial charge in [0.2, 0.25) is 0 Å². The molecule has 1 aromatic carbocycles. The van der Waals surface area contributed by atoms with Crippen LogP contribution in [0, 0.1) is 5.92 Å². The summed E-state index contributed by atoms with van der Waals surface area (Å²) in [5.41, 5.74) is 0.814. The lowest BCUT2D eigenvalue weighted by Crippen LogP contribution is -1.98. The van der Waals surface area contributed by atoms with Crippen LogP contribution in [0.15, 0.2) is 36.4 Å². The minimum atomic E-state index is -1.56. The van der Waals surface area contributed by atoms with Crippen LogP contribution in [0.4, 0.5) is 8.78 Å². The molecule has 0 bridgehead atoms. The highest BCUT2D eigenvalue weighted by molar-refractivity contribution is 14.1. The van der Waals surface area contributed by atoms with Gasteiger partial charge in [-0.3, -0.25) is 0 Å². The standard InChI is InChI=1S/C12H13F2I/c1-9(8-15)7-11(12(13)14)10-5-3-2-4-6-10/h2-6,9H,7-8H2,1H3. The van der Waals surface area contributed by atoms with Crippen LogP contribution in [-0.2, 0) is 0 Å². The largest absolute Gasteiger partial charge is 0.274 e. The number of hydrogen-bond donors (Lipinski definition) is 0. The van der Waals surface area contributed by atoms with E-state index in [0.717, 1.165) is 4.43 Å². The molecule has 15 heavy (non-hydrogen) atoms. The summed E-state index contributed by atoms with van der Waals surface area (Å²) in [5.74, 6) is 0.280. The third kappa shape index (κ3) is 3.89. The molecular weight excluding hydrogens is 309 g/mol. The van der Waals surface area contributed by atoms with E-state index in [9.17, 15) is 8.78 Å². The summed E-state index contributed by atoms with van der Waals surface area (Å²) >= 11 is 2.22. The normalized spacial score (nSPS) is 12.3. The maximum atomic E-state index is 12.8. The van der Waals surface area contributed by atoms with Crippen molar-refractivity contribution in [2.24, 2.45) is 5.92 Å². The molecule has 0 nitrogen and oxygen atoms in total. The molecule has 1 unspecified atom stereocenters. The molecule has 0 heterocycles. The van der Waals surface area contributed by atoms with Gasteiger partial charge in [-0.2, -0.15) is 8.78 Å². The molecular formula is C12H13F2I. The number of alkyl halides is 1. The molecule has 0 amide bonds. The van der Waals surface area contributed by atoms with E-state index in [4.69, 9.17) is 0 Å². The summed E-state index contributed by atoms with van der Waals surface area (Å²) in [6, 6.07) is 8.86. The zero-order chi connectivity index (χ0) is 11.3. The number of hydrogen-bond acceptors (Lipinski definition) is 0. The maximum Gasteiger partial charge on any atom is 0.274 e. The van der Waals surface area contributed by atoms with Gasteiger partial charge in [-0.1, -0.05) is 59.8 Å². The summed E-state index contributed by atoms with van der Waals surface area (Å²) in [4.78, 5) is 0. The molecule has 0 saturated heterocycles. The van der Waals surface area contributed by atoms with E-state index in [2.05, 4.69) is 22.6 Å². The molecule has 0 radical (unpaired) electrons. The van der Waals surface area contributed by atoms with Gasteiger partial charge in [-0.05, 0) is 17.9 Å². The molecule has 0 N–H and O–H groups in total. The number of halogens is 3. The molecule has 1 rings (SSSR count). The van der Waals surface area contributed by atoms with Crippen LogP contribution in [-0.4, -0.2) is 4.43 Å². The Labute approximate surface area is 103 Å². The van der Waals surface area contributed by atoms with Crippen molar-refractivity contribution in [3.8, 4) is 0 Å². The Morgan fingerprint density at radius 3 is 2.33 bits per heavy atom. The van der Waals surface area contributed by atoms with Crippen molar-refractivity contribution in [3.05, 3.63) is 42.0 Å². The molecule has 0 aliphatic heterocycles. The first-order chi connectivity index (χ1) is 7.15. The van der Waals surface area contributed by atoms with Crippen molar-refractivity contribution in [3.63, 3.8) is 0 Å². The second-order valence-corrected chi connectivity index (χ2v) is 4.45. The third-order valence-corrected chi connectivity index (χ3v) is 3.67. The van der Waals surface area contributed by atoms with E-state index < -0.39 is 6.08 Å². The minimum Gasteiger partial charge on any atom is -0.173 e. The lowest BCUT2D eigenvalue weighted by molar-refractivity contribution is 0.420. The van der Waals surface area contributed by atoms with Gasteiger partial charge >= 0.3 is 0 Å². The number of rotatable bonds is 4. The maximum absolute atomic E-state index is 12.8. The predicted octanol–water partition coefficient (Wildman–Crippen LogP) is 4.76. The van der Waals surface area contributed by atoms with Gasteiger partial charge < -0.3 is 0 Å². The highest BCUT2D eigenvalue weighted by Crippen LogP contribution is 2.28. The highest BCUT2D eigenvalue weighted by atomic mass is 127. The molecule has 3 heteroatoms. The Morgan fingerprint density at radius 1 is 1.27 bits per heavy atom. The fourth-order valence-electron chi connectivity index (χ4n) is 1.35. The second-order valence-electron chi connectivity index (χ2n) is 3.57. The summed E-state index contributed by atoms with van der Waals surface area (Å²) < 4.78 is 26.4. The van der Waals surface area contributed by atoms with E-state index in [1.54, 1.807) is 24.3 Å². The topological polar surface area (TPSA) is 0 Å². The van der Waals surface area contributed by atoms with Gasteiger partial charge in [0.25, 0.3) is 6.08 Å². The fraction of sp³-hybridized carbons (Fsp3) is 0.333. The lowest BCUT2D eigenvalue weighted by Gasteiger charge is -2.10. The van der Waals surface area contributed by atoms with Gasteiger partial charge in [0, 0.05) is 10.0 Å². The van der Waals surface area contributed by atoms with Crippen LogP contribution in [0.25, 0.3) is 5.57 Å². The van der Waals surface area contributed by atoms with Gasteiger partial charge in [-0.25, -0.2) is 0 Å². The molecule has 1 atom stereocenters. The second kappa shape index (κ2) is 6.20. The Kier molecular flexibility index (Phi) is 5.22. The average molecular weight is 322 g/mol. The van der Waals surface area contributed by atoms with Crippen LogP contribution in [0.1, 0.15) is 18.9 Å². The Balaban J connectivity index is 2.91. The highest BCUT2D eigenvalue weighted by Gasteiger charge is 2.12. The smallest absolute Gasteiger partial charge is 0.173 e. The Morgan fingerprint density at radius 2 is 1.87 bits per heavy atom. The first-order valence-corrected chi connectivity index (χ1v) is 6.33. The van der Waals surface area contributed by atoms with Crippen molar-refractivity contribution in [1.82, 2.24) is 0 Å². The summed E-state index contributed by atoms with van der Waals surface area (Å²) in [6.45, 7) is 1.98. The van der Waals surface area contributed by atoms with Crippen LogP contribution >= 0.6 is 22.6 Å². The van der Waals surface area contributed by atoms with E-state index in [1.807, 2.05) is 13.0 Å². The van der Waals surface area contributed by atoms with Crippen LogP contribution < -0.4 is 0 Å². The SMILES string of the molecule is CC(CI)CC(=C(F)F)c1ccccc1. The molecule has 0 aliphatic carbocycles. The third-order valence-electron chi connectivity index (χ3n) is 2.17. The molecule has 0 aromatic heterocycles. The molecule has 1 aromatic rings. The summed E-state index contributed by atoms with van der Waals surface area (Å²) in [6.07, 6.45) is -1.12. The molecule has 0 aliphatic rings. The number of benzene rings is 1. The van der Waals surface area contributed by atoms with Crippen molar-refractivity contribution in [1.29, 1.82) is 0 Å². The zero-order valence-electron chi connectivity index (χ0n) is 8.51. The van der Waals surface area contributed by atoms with Crippen molar-refractivity contribution in [2.75, 3.05) is 4.43 Å². The van der Waals surface area contributed by atoms with Gasteiger partial charge in [0.05, 0.1) is 0 Å². The Hall–Kier alpha value is -0.450. The van der Waals surface area contributed by atoms with Crippen molar-refractivity contribution in [2.45, 2.75) is 13.3 Å². The van der Waals surface area contributed by atoms with Gasteiger partial charge in [0.1, 0.15) is 0 Å². The van der Waals surface area contributed by atoms with Crippen LogP contribution in [0.2, 0.25) is 0 Å². The molecule has 82 valence electrons. The lowest BCUT2D eigenvalue weighted by atomic mass is 9.97. The van der Waals surface area contributed by atoms with Gasteiger partial charge in [0.15, 0.2) is 0 Å². The van der Waals surface area contributed by atoms with E-state index in [-0.39, 0.29) is 11.5 Å². The van der Waals surface area contributed by atoms with Gasteiger partial charge in [-0.15, -0.1) is 0 Å². The average Bonchev–Trinajstić information content (AvgIpc) is 2.26. The predicted molar refractivity (Wildman–Crippen MR) is 68.2 cm³/mol. The molecule has 0 fully saturated rings. The minimum absolute atomic E-state index is 0.180. The fourth-order valence-corrected chi connectivity index (χ4v) is 1.66. The van der Waals surface area contributed by atoms with E-state index in [1.165, 1.54) is 0 Å². The van der Waals surface area contributed by atoms with E-state index >= 15 is 0 Å². The zero-order valence-corrected chi connectivity index (χ0v) is 10.7. The first kappa shape index (κ1) is 12.6. The first-order valence-electron chi connectivity index (χ1n) is 4.80.